The van der Waals surface area contributed by atoms with Crippen molar-refractivity contribution in [3.63, 3.8) is 0 Å². The Morgan fingerprint density at radius 2 is 1.84 bits per heavy atom. The number of rotatable bonds is 5. The molecule has 25 heavy (non-hydrogen) atoms. The highest BCUT2D eigenvalue weighted by atomic mass is 35.5. The van der Waals surface area contributed by atoms with Gasteiger partial charge >= 0.3 is 0 Å². The van der Waals surface area contributed by atoms with E-state index in [4.69, 9.17) is 16.3 Å². The van der Waals surface area contributed by atoms with Crippen LogP contribution < -0.4 is 10.1 Å². The number of non-ortho nitro benzene ring substituents is 1. The molecule has 0 aliphatic rings. The Kier molecular flexibility index (Phi) is 5.18. The van der Waals surface area contributed by atoms with E-state index in [1.54, 1.807) is 6.07 Å². The number of nitro groups is 2. The van der Waals surface area contributed by atoms with Crippen LogP contribution in [0.2, 0.25) is 5.02 Å². The maximum atomic E-state index is 12.5. The van der Waals surface area contributed by atoms with Crippen LogP contribution in [0, 0.1) is 27.2 Å². The highest BCUT2D eigenvalue weighted by Crippen LogP contribution is 2.31. The number of ether oxygens (including phenoxy) is 1. The second-order valence-electron chi connectivity index (χ2n) is 4.95. The highest BCUT2D eigenvalue weighted by molar-refractivity contribution is 6.31. The van der Waals surface area contributed by atoms with Crippen LogP contribution in [0.25, 0.3) is 0 Å². The van der Waals surface area contributed by atoms with Crippen molar-refractivity contribution in [2.75, 3.05) is 12.4 Å². The van der Waals surface area contributed by atoms with Gasteiger partial charge in [-0.15, -0.1) is 0 Å². The van der Waals surface area contributed by atoms with Crippen molar-refractivity contribution >= 4 is 34.6 Å². The van der Waals surface area contributed by atoms with Crippen molar-refractivity contribution < 1.29 is 19.4 Å². The summed E-state index contributed by atoms with van der Waals surface area (Å²) in [5.41, 5.74) is -1.02. The van der Waals surface area contributed by atoms with Crippen LogP contribution in [0.15, 0.2) is 30.3 Å². The summed E-state index contributed by atoms with van der Waals surface area (Å²) in [6, 6.07) is 6.31. The van der Waals surface area contributed by atoms with Gasteiger partial charge in [0.15, 0.2) is 0 Å². The number of hydrogen-bond acceptors (Lipinski definition) is 6. The zero-order chi connectivity index (χ0) is 18.7. The van der Waals surface area contributed by atoms with Gasteiger partial charge in [-0.05, 0) is 25.1 Å². The number of amides is 1. The first-order valence-corrected chi connectivity index (χ1v) is 7.20. The number of carbonyl (C=O) groups excluding carboxylic acids is 1. The molecule has 2 aromatic carbocycles. The lowest BCUT2D eigenvalue weighted by molar-refractivity contribution is -0.394. The summed E-state index contributed by atoms with van der Waals surface area (Å²) in [4.78, 5) is 33.0. The Bertz CT molecular complexity index is 884. The Balaban J connectivity index is 2.51. The number of benzene rings is 2. The number of halogens is 1. The van der Waals surface area contributed by atoms with Crippen LogP contribution in [0.1, 0.15) is 15.9 Å². The Morgan fingerprint density at radius 3 is 2.40 bits per heavy atom. The van der Waals surface area contributed by atoms with Crippen LogP contribution in [0.3, 0.4) is 0 Å². The van der Waals surface area contributed by atoms with E-state index in [2.05, 4.69) is 5.32 Å². The fourth-order valence-corrected chi connectivity index (χ4v) is 2.35. The van der Waals surface area contributed by atoms with Gasteiger partial charge < -0.3 is 10.1 Å². The molecule has 0 bridgehead atoms. The lowest BCUT2D eigenvalue weighted by Crippen LogP contribution is -2.15. The molecule has 0 unspecified atom stereocenters. The van der Waals surface area contributed by atoms with Gasteiger partial charge in [0, 0.05) is 16.7 Å². The van der Waals surface area contributed by atoms with Crippen LogP contribution >= 0.6 is 11.6 Å². The van der Waals surface area contributed by atoms with Crippen LogP contribution in [0.5, 0.6) is 5.75 Å². The van der Waals surface area contributed by atoms with Gasteiger partial charge in [0.25, 0.3) is 17.3 Å². The first-order chi connectivity index (χ1) is 11.7. The minimum Gasteiger partial charge on any atom is -0.495 e. The molecular formula is C15H12ClN3O6. The predicted octanol–water partition coefficient (Wildman–Crippen LogP) is 3.73. The van der Waals surface area contributed by atoms with Gasteiger partial charge in [-0.25, -0.2) is 0 Å². The Labute approximate surface area is 146 Å². The van der Waals surface area contributed by atoms with Crippen molar-refractivity contribution in [3.8, 4) is 5.75 Å². The monoisotopic (exact) mass is 365 g/mol. The molecule has 2 rings (SSSR count). The summed E-state index contributed by atoms with van der Waals surface area (Å²) in [5, 5.41) is 24.9. The van der Waals surface area contributed by atoms with Gasteiger partial charge in [-0.2, -0.15) is 0 Å². The van der Waals surface area contributed by atoms with E-state index in [9.17, 15) is 25.0 Å². The van der Waals surface area contributed by atoms with Crippen LogP contribution in [-0.4, -0.2) is 22.9 Å². The average Bonchev–Trinajstić information content (AvgIpc) is 2.54. The lowest BCUT2D eigenvalue weighted by atomic mass is 10.0. The molecule has 9 nitrogen and oxygen atoms in total. The van der Waals surface area contributed by atoms with E-state index in [0.29, 0.717) is 10.8 Å². The van der Waals surface area contributed by atoms with Gasteiger partial charge in [0.05, 0.1) is 34.3 Å². The molecule has 10 heteroatoms. The van der Waals surface area contributed by atoms with E-state index in [-0.39, 0.29) is 16.8 Å². The summed E-state index contributed by atoms with van der Waals surface area (Å²) in [7, 11) is 1.39. The molecule has 0 fully saturated rings. The summed E-state index contributed by atoms with van der Waals surface area (Å²) >= 11 is 5.88. The molecule has 0 heterocycles. The molecule has 0 aromatic heterocycles. The van der Waals surface area contributed by atoms with Gasteiger partial charge in [0.2, 0.25) is 0 Å². The molecule has 0 radical (unpaired) electrons. The maximum absolute atomic E-state index is 12.5. The van der Waals surface area contributed by atoms with Crippen LogP contribution in [-0.2, 0) is 0 Å². The second-order valence-corrected chi connectivity index (χ2v) is 5.39. The largest absolute Gasteiger partial charge is 0.495 e. The topological polar surface area (TPSA) is 125 Å². The van der Waals surface area contributed by atoms with E-state index in [1.807, 2.05) is 0 Å². The third-order valence-electron chi connectivity index (χ3n) is 3.43. The molecule has 2 aromatic rings. The number of nitro benzene ring substituents is 2. The summed E-state index contributed by atoms with van der Waals surface area (Å²) in [5.74, 6) is -0.444. The molecule has 130 valence electrons. The first kappa shape index (κ1) is 18.1. The first-order valence-electron chi connectivity index (χ1n) is 6.83. The Morgan fingerprint density at radius 1 is 1.16 bits per heavy atom. The normalized spacial score (nSPS) is 10.2. The minimum absolute atomic E-state index is 0.00842. The number of hydrogen-bond donors (Lipinski definition) is 1. The third-order valence-corrected chi connectivity index (χ3v) is 3.66. The number of anilines is 1. The van der Waals surface area contributed by atoms with Gasteiger partial charge in [-0.3, -0.25) is 25.0 Å². The van der Waals surface area contributed by atoms with E-state index < -0.39 is 27.1 Å². The molecule has 0 aliphatic carbocycles. The van der Waals surface area contributed by atoms with Crippen molar-refractivity contribution in [2.24, 2.45) is 0 Å². The second kappa shape index (κ2) is 7.14. The minimum atomic E-state index is -0.802. The molecule has 0 saturated heterocycles. The zero-order valence-corrected chi connectivity index (χ0v) is 13.9. The molecule has 1 N–H and O–H groups in total. The highest BCUT2D eigenvalue weighted by Gasteiger charge is 2.25. The van der Waals surface area contributed by atoms with E-state index >= 15 is 0 Å². The number of methoxy groups -OCH3 is 1. The quantitative estimate of drug-likeness (QED) is 0.635. The molecule has 1 amide bonds. The molecule has 0 saturated carbocycles. The van der Waals surface area contributed by atoms with Crippen LogP contribution in [0.4, 0.5) is 17.1 Å². The fourth-order valence-electron chi connectivity index (χ4n) is 2.18. The third kappa shape index (κ3) is 3.83. The SMILES string of the molecule is COc1ccc(Cl)cc1NC(=O)c1cc([N+](=O)[O-])cc([N+](=O)[O-])c1C. The number of carbonyl (C=O) groups is 1. The van der Waals surface area contributed by atoms with Crippen molar-refractivity contribution in [3.05, 3.63) is 66.7 Å². The molecule has 0 spiro atoms. The summed E-state index contributed by atoms with van der Waals surface area (Å²) in [6.07, 6.45) is 0. The molecule has 0 atom stereocenters. The molecule has 0 aliphatic heterocycles. The maximum Gasteiger partial charge on any atom is 0.279 e. The number of nitrogens with one attached hydrogen (secondary N) is 1. The summed E-state index contributed by atoms with van der Waals surface area (Å²) < 4.78 is 5.10. The molecular weight excluding hydrogens is 354 g/mol. The number of nitrogens with zero attached hydrogens (tertiary/aromatic N) is 2. The standard InChI is InChI=1S/C15H12ClN3O6/c1-8-11(6-10(18(21)22)7-13(8)19(23)24)15(20)17-12-5-9(16)3-4-14(12)25-2/h3-7H,1-2H3,(H,17,20). The zero-order valence-electron chi connectivity index (χ0n) is 13.1. The smallest absolute Gasteiger partial charge is 0.279 e. The van der Waals surface area contributed by atoms with E-state index in [0.717, 1.165) is 12.1 Å². The van der Waals surface area contributed by atoms with E-state index in [1.165, 1.54) is 26.2 Å². The fraction of sp³-hybridized carbons (Fsp3) is 0.133. The average molecular weight is 366 g/mol. The van der Waals surface area contributed by atoms with Crippen molar-refractivity contribution in [1.29, 1.82) is 0 Å². The van der Waals surface area contributed by atoms with Crippen molar-refractivity contribution in [2.45, 2.75) is 6.92 Å². The summed E-state index contributed by atoms with van der Waals surface area (Å²) in [6.45, 7) is 1.34. The Hall–Kier alpha value is -3.20. The van der Waals surface area contributed by atoms with Crippen molar-refractivity contribution in [1.82, 2.24) is 0 Å². The van der Waals surface area contributed by atoms with Gasteiger partial charge in [0.1, 0.15) is 5.75 Å². The lowest BCUT2D eigenvalue weighted by Gasteiger charge is -2.12. The predicted molar refractivity (Wildman–Crippen MR) is 90.4 cm³/mol. The van der Waals surface area contributed by atoms with Gasteiger partial charge in [-0.1, -0.05) is 11.6 Å².